The zero-order chi connectivity index (χ0) is 28.9. The van der Waals surface area contributed by atoms with Crippen molar-refractivity contribution in [3.05, 3.63) is 52.7 Å². The third-order valence-corrected chi connectivity index (χ3v) is 10.1. The lowest BCUT2D eigenvalue weighted by Crippen LogP contribution is -2.44. The topological polar surface area (TPSA) is 121 Å². The molecule has 1 saturated carbocycles. The highest BCUT2D eigenvalue weighted by Crippen LogP contribution is 2.30. The monoisotopic (exact) mass is 579 g/mol. The van der Waals surface area contributed by atoms with Crippen LogP contribution in [-0.4, -0.2) is 60.7 Å². The minimum atomic E-state index is -3.96. The molecule has 0 radical (unpaired) electrons. The Kier molecular flexibility index (Phi) is 9.68. The van der Waals surface area contributed by atoms with Gasteiger partial charge in [0.2, 0.25) is 0 Å². The quantitative estimate of drug-likeness (QED) is 0.416. The fourth-order valence-corrected chi connectivity index (χ4v) is 5.92. The summed E-state index contributed by atoms with van der Waals surface area (Å²) in [5.74, 6) is -1.11. The Morgan fingerprint density at radius 1 is 1.15 bits per heavy atom. The van der Waals surface area contributed by atoms with E-state index in [-0.39, 0.29) is 30.9 Å². The molecule has 1 aliphatic heterocycles. The second kappa shape index (κ2) is 12.8. The van der Waals surface area contributed by atoms with Gasteiger partial charge in [-0.15, -0.1) is 0 Å². The average molecular weight is 580 g/mol. The molecule has 0 bridgehead atoms. The number of carboxylic acid groups (broad SMARTS) is 1. The number of nitrogens with zero attached hydrogens (tertiary/aromatic N) is 1. The van der Waals surface area contributed by atoms with E-state index >= 15 is 0 Å². The standard InChI is InChI=1S/C29H38FNO8S/c1-29(28(33)34,40(2,35)36)14-15-31-18-25(30)24(17-26(31)32)21-8-12-22(13-9-21)38-19-20-6-10-23(11-7-20)39-27-5-3-4-16-37-27/h8-9,12-13,17-18,20,23,27H,3-7,10-11,14-16,19H2,1-2H3,(H,33,34)/t20-,23-,27?,29-/m1/s1. The fourth-order valence-electron chi connectivity index (χ4n) is 5.14. The van der Waals surface area contributed by atoms with Crippen molar-refractivity contribution in [1.82, 2.24) is 4.57 Å². The highest BCUT2D eigenvalue weighted by molar-refractivity contribution is 7.92. The number of hydrogen-bond acceptors (Lipinski definition) is 7. The van der Waals surface area contributed by atoms with Crippen LogP contribution in [0.25, 0.3) is 11.1 Å². The molecule has 2 aliphatic rings. The normalized spacial score (nSPS) is 23.3. The Labute approximate surface area is 234 Å². The molecule has 1 aliphatic carbocycles. The van der Waals surface area contributed by atoms with E-state index < -0.39 is 31.9 Å². The van der Waals surface area contributed by atoms with Crippen LogP contribution >= 0.6 is 0 Å². The van der Waals surface area contributed by atoms with E-state index in [0.717, 1.165) is 81.6 Å². The van der Waals surface area contributed by atoms with Crippen LogP contribution in [0.5, 0.6) is 5.75 Å². The molecule has 1 saturated heterocycles. The lowest BCUT2D eigenvalue weighted by atomic mass is 9.88. The fraction of sp³-hybridized carbons (Fsp3) is 0.586. The van der Waals surface area contributed by atoms with E-state index in [1.54, 1.807) is 24.3 Å². The van der Waals surface area contributed by atoms with Gasteiger partial charge in [-0.3, -0.25) is 9.59 Å². The molecular weight excluding hydrogens is 541 g/mol. The molecule has 2 heterocycles. The minimum absolute atomic E-state index is 0.0602. The molecule has 0 spiro atoms. The number of hydrogen-bond donors (Lipinski definition) is 1. The Hall–Kier alpha value is -2.76. The summed E-state index contributed by atoms with van der Waals surface area (Å²) in [5, 5.41) is 9.40. The van der Waals surface area contributed by atoms with Crippen LogP contribution in [0.15, 0.2) is 41.3 Å². The van der Waals surface area contributed by atoms with Crippen LogP contribution in [0.4, 0.5) is 4.39 Å². The number of carboxylic acids is 1. The summed E-state index contributed by atoms with van der Waals surface area (Å²) in [6.07, 6.45) is 8.86. The molecule has 4 rings (SSSR count). The average Bonchev–Trinajstić information content (AvgIpc) is 2.93. The lowest BCUT2D eigenvalue weighted by Gasteiger charge is -2.32. The zero-order valence-electron chi connectivity index (χ0n) is 23.0. The number of benzene rings is 1. The molecule has 11 heteroatoms. The predicted octanol–water partition coefficient (Wildman–Crippen LogP) is 4.41. The summed E-state index contributed by atoms with van der Waals surface area (Å²) in [6, 6.07) is 7.96. The van der Waals surface area contributed by atoms with Crippen molar-refractivity contribution in [2.45, 2.75) is 82.0 Å². The minimum Gasteiger partial charge on any atom is -0.493 e. The van der Waals surface area contributed by atoms with E-state index in [4.69, 9.17) is 14.2 Å². The van der Waals surface area contributed by atoms with Gasteiger partial charge in [0.1, 0.15) is 11.6 Å². The smallest absolute Gasteiger partial charge is 0.324 e. The van der Waals surface area contributed by atoms with Gasteiger partial charge in [0.25, 0.3) is 5.56 Å². The molecule has 1 unspecified atom stereocenters. The molecule has 40 heavy (non-hydrogen) atoms. The molecule has 2 aromatic rings. The van der Waals surface area contributed by atoms with E-state index in [9.17, 15) is 27.5 Å². The van der Waals surface area contributed by atoms with E-state index in [0.29, 0.717) is 23.8 Å². The van der Waals surface area contributed by atoms with Crippen molar-refractivity contribution in [3.8, 4) is 16.9 Å². The van der Waals surface area contributed by atoms with Crippen molar-refractivity contribution >= 4 is 15.8 Å². The van der Waals surface area contributed by atoms with Gasteiger partial charge in [0, 0.05) is 37.2 Å². The number of aliphatic carboxylic acids is 1. The number of ether oxygens (including phenoxy) is 3. The Balaban J connectivity index is 1.30. The Morgan fingerprint density at radius 3 is 2.45 bits per heavy atom. The Morgan fingerprint density at radius 2 is 1.85 bits per heavy atom. The first-order valence-electron chi connectivity index (χ1n) is 13.8. The van der Waals surface area contributed by atoms with Gasteiger partial charge in [-0.05, 0) is 81.9 Å². The molecule has 1 aromatic carbocycles. The first kappa shape index (κ1) is 30.2. The van der Waals surface area contributed by atoms with Crippen molar-refractivity contribution in [2.24, 2.45) is 5.92 Å². The lowest BCUT2D eigenvalue weighted by molar-refractivity contribution is -0.194. The number of aryl methyl sites for hydroxylation is 1. The Bertz CT molecular complexity index is 1330. The van der Waals surface area contributed by atoms with Crippen LogP contribution in [0, 0.1) is 11.7 Å². The van der Waals surface area contributed by atoms with Gasteiger partial charge in [-0.25, -0.2) is 12.8 Å². The summed E-state index contributed by atoms with van der Waals surface area (Å²) < 4.78 is 55.6. The number of carbonyl (C=O) groups is 1. The van der Waals surface area contributed by atoms with Crippen LogP contribution in [-0.2, 0) is 30.7 Å². The second-order valence-electron chi connectivity index (χ2n) is 11.0. The van der Waals surface area contributed by atoms with Crippen LogP contribution in [0.1, 0.15) is 58.3 Å². The number of aromatic nitrogens is 1. The summed E-state index contributed by atoms with van der Waals surface area (Å²) in [7, 11) is -3.96. The first-order chi connectivity index (χ1) is 19.0. The third kappa shape index (κ3) is 7.30. The maximum atomic E-state index is 15.0. The summed E-state index contributed by atoms with van der Waals surface area (Å²) >= 11 is 0. The van der Waals surface area contributed by atoms with Gasteiger partial charge in [-0.1, -0.05) is 12.1 Å². The summed E-state index contributed by atoms with van der Waals surface area (Å²) in [6.45, 7) is 2.18. The van der Waals surface area contributed by atoms with Crippen molar-refractivity contribution in [2.75, 3.05) is 19.5 Å². The second-order valence-corrected chi connectivity index (χ2v) is 13.5. The van der Waals surface area contributed by atoms with Crippen LogP contribution in [0.2, 0.25) is 0 Å². The molecule has 1 N–H and O–H groups in total. The third-order valence-electron chi connectivity index (χ3n) is 8.10. The van der Waals surface area contributed by atoms with Gasteiger partial charge in [0.05, 0.1) is 12.7 Å². The van der Waals surface area contributed by atoms with Crippen molar-refractivity contribution in [3.63, 3.8) is 0 Å². The zero-order valence-corrected chi connectivity index (χ0v) is 23.8. The van der Waals surface area contributed by atoms with Crippen molar-refractivity contribution in [1.29, 1.82) is 0 Å². The van der Waals surface area contributed by atoms with E-state index in [1.165, 1.54) is 0 Å². The van der Waals surface area contributed by atoms with Gasteiger partial charge >= 0.3 is 5.97 Å². The molecular formula is C29H38FNO8S. The molecule has 0 amide bonds. The van der Waals surface area contributed by atoms with Crippen LogP contribution < -0.4 is 10.3 Å². The van der Waals surface area contributed by atoms with Crippen LogP contribution in [0.3, 0.4) is 0 Å². The largest absolute Gasteiger partial charge is 0.493 e. The molecule has 220 valence electrons. The molecule has 1 aromatic heterocycles. The van der Waals surface area contributed by atoms with E-state index in [1.807, 2.05) is 0 Å². The summed E-state index contributed by atoms with van der Waals surface area (Å²) in [4.78, 5) is 24.2. The maximum Gasteiger partial charge on any atom is 0.324 e. The van der Waals surface area contributed by atoms with E-state index in [2.05, 4.69) is 0 Å². The van der Waals surface area contributed by atoms with Crippen molar-refractivity contribution < 1.29 is 36.9 Å². The maximum absolute atomic E-state index is 15.0. The number of pyridine rings is 1. The van der Waals surface area contributed by atoms with Gasteiger partial charge in [-0.2, -0.15) is 0 Å². The first-order valence-corrected chi connectivity index (χ1v) is 15.7. The number of sulfone groups is 1. The number of rotatable bonds is 11. The highest BCUT2D eigenvalue weighted by Gasteiger charge is 2.43. The summed E-state index contributed by atoms with van der Waals surface area (Å²) in [5.41, 5.74) is 0.0213. The molecule has 9 nitrogen and oxygen atoms in total. The molecule has 2 fully saturated rings. The SMILES string of the molecule is C[C@@](CCn1cc(F)c(-c2ccc(OC[C@H]3CC[C@H](OC4CCCCO4)CC3)cc2)cc1=O)(C(=O)O)S(C)(=O)=O. The number of halogens is 1. The molecule has 2 atom stereocenters. The highest BCUT2D eigenvalue weighted by atomic mass is 32.2. The van der Waals surface area contributed by atoms with Gasteiger partial charge in [0.15, 0.2) is 20.9 Å². The predicted molar refractivity (Wildman–Crippen MR) is 148 cm³/mol. The van der Waals surface area contributed by atoms with Gasteiger partial charge < -0.3 is 23.9 Å².